The van der Waals surface area contributed by atoms with E-state index in [0.29, 0.717) is 24.6 Å². The maximum absolute atomic E-state index is 13.8. The zero-order chi connectivity index (χ0) is 21.2. The molecule has 0 aliphatic rings. The molecule has 0 bridgehead atoms. The average molecular weight is 403 g/mol. The van der Waals surface area contributed by atoms with Gasteiger partial charge in [-0.15, -0.1) is 0 Å². The van der Waals surface area contributed by atoms with Crippen molar-refractivity contribution < 1.29 is 18.6 Å². The highest BCUT2D eigenvalue weighted by Gasteiger charge is 2.14. The van der Waals surface area contributed by atoms with Gasteiger partial charge in [-0.2, -0.15) is 0 Å². The fourth-order valence-electron chi connectivity index (χ4n) is 2.94. The molecule has 0 saturated heterocycles. The van der Waals surface area contributed by atoms with Gasteiger partial charge in [-0.05, 0) is 49.7 Å². The summed E-state index contributed by atoms with van der Waals surface area (Å²) in [5.41, 5.74) is 2.39. The molecule has 6 nitrogen and oxygen atoms in total. The maximum atomic E-state index is 13.8. The van der Waals surface area contributed by atoms with E-state index in [9.17, 15) is 4.39 Å². The summed E-state index contributed by atoms with van der Waals surface area (Å²) in [7, 11) is 4.82. The first-order valence-corrected chi connectivity index (χ1v) is 9.55. The van der Waals surface area contributed by atoms with Crippen LogP contribution in [-0.2, 0) is 17.9 Å². The number of halogens is 1. The standard InChI is InChI=1S/C22H30FN3O3/c1-6-24-22(25-13-16-7-9-20(23)17(11-16)14-27-3)26-15(2)19-12-18(28-4)8-10-21(19)29-5/h7-12,15H,6,13-14H2,1-5H3,(H2,24,25,26). The second kappa shape index (κ2) is 11.3. The Kier molecular flexibility index (Phi) is 8.73. The van der Waals surface area contributed by atoms with Crippen LogP contribution in [-0.4, -0.2) is 33.8 Å². The second-order valence-electron chi connectivity index (χ2n) is 6.53. The lowest BCUT2D eigenvalue weighted by molar-refractivity contribution is 0.181. The smallest absolute Gasteiger partial charge is 0.192 e. The molecule has 7 heteroatoms. The maximum Gasteiger partial charge on any atom is 0.192 e. The van der Waals surface area contributed by atoms with E-state index in [0.717, 1.165) is 22.6 Å². The van der Waals surface area contributed by atoms with Crippen LogP contribution in [0.2, 0.25) is 0 Å². The largest absolute Gasteiger partial charge is 0.497 e. The lowest BCUT2D eigenvalue weighted by atomic mass is 10.1. The first kappa shape index (κ1) is 22.5. The van der Waals surface area contributed by atoms with Crippen molar-refractivity contribution >= 4 is 5.96 Å². The van der Waals surface area contributed by atoms with Gasteiger partial charge in [0.2, 0.25) is 0 Å². The molecule has 0 radical (unpaired) electrons. The molecule has 0 aliphatic heterocycles. The van der Waals surface area contributed by atoms with Gasteiger partial charge in [-0.3, -0.25) is 0 Å². The summed E-state index contributed by atoms with van der Waals surface area (Å²) in [5.74, 6) is 1.91. The molecule has 2 aromatic carbocycles. The van der Waals surface area contributed by atoms with E-state index in [2.05, 4.69) is 15.6 Å². The highest BCUT2D eigenvalue weighted by atomic mass is 19.1. The normalized spacial score (nSPS) is 12.4. The Bertz CT molecular complexity index is 827. The number of guanidine groups is 1. The molecule has 0 amide bonds. The van der Waals surface area contributed by atoms with Gasteiger partial charge in [0, 0.05) is 24.8 Å². The number of ether oxygens (including phenoxy) is 3. The third-order valence-corrected chi connectivity index (χ3v) is 4.43. The van der Waals surface area contributed by atoms with Crippen LogP contribution in [0.5, 0.6) is 11.5 Å². The van der Waals surface area contributed by atoms with E-state index in [1.807, 2.05) is 32.0 Å². The van der Waals surface area contributed by atoms with E-state index in [4.69, 9.17) is 14.2 Å². The molecule has 2 N–H and O–H groups in total. The molecule has 0 saturated carbocycles. The summed E-state index contributed by atoms with van der Waals surface area (Å²) in [6.45, 7) is 5.39. The minimum Gasteiger partial charge on any atom is -0.497 e. The first-order valence-electron chi connectivity index (χ1n) is 9.55. The quantitative estimate of drug-likeness (QED) is 0.492. The molecule has 0 aromatic heterocycles. The molecule has 2 aromatic rings. The van der Waals surface area contributed by atoms with E-state index in [1.165, 1.54) is 6.07 Å². The highest BCUT2D eigenvalue weighted by Crippen LogP contribution is 2.29. The van der Waals surface area contributed by atoms with Gasteiger partial charge in [0.25, 0.3) is 0 Å². The minimum absolute atomic E-state index is 0.0740. The van der Waals surface area contributed by atoms with Crippen LogP contribution >= 0.6 is 0 Å². The van der Waals surface area contributed by atoms with Gasteiger partial charge in [0.15, 0.2) is 5.96 Å². The number of nitrogens with zero attached hydrogens (tertiary/aromatic N) is 1. The van der Waals surface area contributed by atoms with Crippen molar-refractivity contribution in [1.29, 1.82) is 0 Å². The zero-order valence-electron chi connectivity index (χ0n) is 17.7. The average Bonchev–Trinajstić information content (AvgIpc) is 2.73. The SMILES string of the molecule is CCNC(=NCc1ccc(F)c(COC)c1)NC(C)c1cc(OC)ccc1OC. The van der Waals surface area contributed by atoms with Crippen molar-refractivity contribution in [2.75, 3.05) is 27.9 Å². The van der Waals surface area contributed by atoms with E-state index < -0.39 is 0 Å². The van der Waals surface area contributed by atoms with Crippen molar-refractivity contribution in [2.45, 2.75) is 33.0 Å². The van der Waals surface area contributed by atoms with Crippen LogP contribution in [0.1, 0.15) is 36.6 Å². The van der Waals surface area contributed by atoms with Gasteiger partial charge in [-0.1, -0.05) is 6.07 Å². The Balaban J connectivity index is 2.18. The Morgan fingerprint density at radius 2 is 1.90 bits per heavy atom. The summed E-state index contributed by atoms with van der Waals surface area (Å²) in [4.78, 5) is 4.64. The number of hydrogen-bond acceptors (Lipinski definition) is 4. The third kappa shape index (κ3) is 6.35. The Hall–Kier alpha value is -2.80. The molecule has 0 heterocycles. The van der Waals surface area contributed by atoms with Crippen molar-refractivity contribution in [3.8, 4) is 11.5 Å². The monoisotopic (exact) mass is 403 g/mol. The van der Waals surface area contributed by atoms with Crippen LogP contribution in [0.4, 0.5) is 4.39 Å². The number of aliphatic imine (C=N–C) groups is 1. The van der Waals surface area contributed by atoms with Crippen LogP contribution < -0.4 is 20.1 Å². The van der Waals surface area contributed by atoms with Gasteiger partial charge in [-0.25, -0.2) is 9.38 Å². The number of rotatable bonds is 9. The van der Waals surface area contributed by atoms with E-state index in [-0.39, 0.29) is 18.5 Å². The minimum atomic E-state index is -0.275. The molecular weight excluding hydrogens is 373 g/mol. The summed E-state index contributed by atoms with van der Waals surface area (Å²) < 4.78 is 29.7. The summed E-state index contributed by atoms with van der Waals surface area (Å²) >= 11 is 0. The lowest BCUT2D eigenvalue weighted by Crippen LogP contribution is -2.38. The van der Waals surface area contributed by atoms with Crippen molar-refractivity contribution in [3.63, 3.8) is 0 Å². The number of benzene rings is 2. The van der Waals surface area contributed by atoms with Crippen LogP contribution in [0.15, 0.2) is 41.4 Å². The van der Waals surface area contributed by atoms with Gasteiger partial charge in [0.1, 0.15) is 17.3 Å². The molecule has 2 rings (SSSR count). The predicted molar refractivity (Wildman–Crippen MR) is 113 cm³/mol. The van der Waals surface area contributed by atoms with Crippen molar-refractivity contribution in [2.24, 2.45) is 4.99 Å². The highest BCUT2D eigenvalue weighted by molar-refractivity contribution is 5.80. The number of methoxy groups -OCH3 is 3. The molecule has 1 unspecified atom stereocenters. The van der Waals surface area contributed by atoms with Crippen LogP contribution in [0, 0.1) is 5.82 Å². The molecule has 29 heavy (non-hydrogen) atoms. The lowest BCUT2D eigenvalue weighted by Gasteiger charge is -2.21. The molecule has 0 aliphatic carbocycles. The van der Waals surface area contributed by atoms with Gasteiger partial charge < -0.3 is 24.8 Å². The number of hydrogen-bond donors (Lipinski definition) is 2. The molecule has 0 fully saturated rings. The summed E-state index contributed by atoms with van der Waals surface area (Å²) in [6, 6.07) is 10.6. The second-order valence-corrected chi connectivity index (χ2v) is 6.53. The van der Waals surface area contributed by atoms with Crippen molar-refractivity contribution in [3.05, 3.63) is 58.9 Å². The van der Waals surface area contributed by atoms with E-state index in [1.54, 1.807) is 33.5 Å². The first-order chi connectivity index (χ1) is 14.0. The third-order valence-electron chi connectivity index (χ3n) is 4.43. The zero-order valence-corrected chi connectivity index (χ0v) is 17.7. The van der Waals surface area contributed by atoms with Crippen LogP contribution in [0.3, 0.4) is 0 Å². The topological polar surface area (TPSA) is 64.1 Å². The Morgan fingerprint density at radius 3 is 2.55 bits per heavy atom. The van der Waals surface area contributed by atoms with Crippen molar-refractivity contribution in [1.82, 2.24) is 10.6 Å². The Labute approximate surface area is 172 Å². The molecule has 1 atom stereocenters. The van der Waals surface area contributed by atoms with E-state index >= 15 is 0 Å². The van der Waals surface area contributed by atoms with Gasteiger partial charge >= 0.3 is 0 Å². The molecule has 158 valence electrons. The number of nitrogens with one attached hydrogen (secondary N) is 2. The van der Waals surface area contributed by atoms with Gasteiger partial charge in [0.05, 0.1) is 33.4 Å². The fraction of sp³-hybridized carbons (Fsp3) is 0.409. The molecule has 0 spiro atoms. The van der Waals surface area contributed by atoms with Crippen LogP contribution in [0.25, 0.3) is 0 Å². The predicted octanol–water partition coefficient (Wildman–Crippen LogP) is 3.81. The Morgan fingerprint density at radius 1 is 1.10 bits per heavy atom. The molecular formula is C22H30FN3O3. The fourth-order valence-corrected chi connectivity index (χ4v) is 2.94. The summed E-state index contributed by atoms with van der Waals surface area (Å²) in [5, 5.41) is 6.63. The summed E-state index contributed by atoms with van der Waals surface area (Å²) in [6.07, 6.45) is 0.